The highest BCUT2D eigenvalue weighted by atomic mass is 19.2. The van der Waals surface area contributed by atoms with Gasteiger partial charge in [0.15, 0.2) is 11.6 Å². The zero-order valence-electron chi connectivity index (χ0n) is 19.9. The smallest absolute Gasteiger partial charge is 0.168 e. The number of benzene rings is 2. The first-order chi connectivity index (χ1) is 16.5. The molecule has 0 saturated carbocycles. The Hall–Kier alpha value is -3.05. The number of hydrogen-bond donors (Lipinski definition) is 1. The number of halogens is 2. The van der Waals surface area contributed by atoms with E-state index in [2.05, 4.69) is 18.8 Å². The van der Waals surface area contributed by atoms with Gasteiger partial charge in [0.05, 0.1) is 11.8 Å². The van der Waals surface area contributed by atoms with Crippen LogP contribution < -0.4 is 0 Å². The molecule has 0 aliphatic heterocycles. The minimum absolute atomic E-state index is 0.126. The van der Waals surface area contributed by atoms with E-state index in [1.807, 2.05) is 6.08 Å². The van der Waals surface area contributed by atoms with Gasteiger partial charge in [0.2, 0.25) is 0 Å². The summed E-state index contributed by atoms with van der Waals surface area (Å²) in [6, 6.07) is 13.3. The molecular weight excluding hydrogens is 432 g/mol. The summed E-state index contributed by atoms with van der Waals surface area (Å²) in [5, 5.41) is 9.42. The Kier molecular flexibility index (Phi) is 9.77. The van der Waals surface area contributed by atoms with Gasteiger partial charge in [0.1, 0.15) is 5.75 Å². The average molecular weight is 466 g/mol. The van der Waals surface area contributed by atoms with Gasteiger partial charge in [-0.2, -0.15) is 0 Å². The molecule has 5 heteroatoms. The van der Waals surface area contributed by atoms with Gasteiger partial charge in [-0.1, -0.05) is 56.2 Å². The van der Waals surface area contributed by atoms with Crippen molar-refractivity contribution < 1.29 is 18.6 Å². The second-order valence-corrected chi connectivity index (χ2v) is 8.53. The average Bonchev–Trinajstić information content (AvgIpc) is 2.85. The molecule has 0 fully saturated rings. The van der Waals surface area contributed by atoms with E-state index in [1.165, 1.54) is 12.8 Å². The second kappa shape index (κ2) is 13.0. The zero-order valence-corrected chi connectivity index (χ0v) is 19.9. The molecule has 1 unspecified atom stereocenters. The van der Waals surface area contributed by atoms with Crippen molar-refractivity contribution in [3.63, 3.8) is 0 Å². The van der Waals surface area contributed by atoms with E-state index in [9.17, 15) is 13.9 Å². The lowest BCUT2D eigenvalue weighted by molar-refractivity contribution is 0.0566. The molecule has 0 amide bonds. The third kappa shape index (κ3) is 7.22. The van der Waals surface area contributed by atoms with Gasteiger partial charge >= 0.3 is 0 Å². The molecule has 34 heavy (non-hydrogen) atoms. The molecule has 0 radical (unpaired) electrons. The predicted molar refractivity (Wildman–Crippen MR) is 135 cm³/mol. The van der Waals surface area contributed by atoms with Crippen molar-refractivity contribution in [2.75, 3.05) is 6.61 Å². The fourth-order valence-corrected chi connectivity index (χ4v) is 3.72. The van der Waals surface area contributed by atoms with E-state index in [0.29, 0.717) is 5.69 Å². The lowest BCUT2D eigenvalue weighted by Crippen LogP contribution is -2.08. The highest BCUT2D eigenvalue weighted by molar-refractivity contribution is 5.68. The Morgan fingerprint density at radius 2 is 1.71 bits per heavy atom. The summed E-state index contributed by atoms with van der Waals surface area (Å²) in [7, 11) is 0. The van der Waals surface area contributed by atoms with Crippen molar-refractivity contribution in [3.8, 4) is 28.1 Å². The van der Waals surface area contributed by atoms with Crippen LogP contribution in [0.4, 0.5) is 8.78 Å². The minimum atomic E-state index is -0.902. The third-order valence-electron chi connectivity index (χ3n) is 5.78. The molecule has 1 atom stereocenters. The number of allylic oxidation sites excluding steroid dienone is 1. The number of pyridine rings is 1. The lowest BCUT2D eigenvalue weighted by atomic mass is 10.0. The van der Waals surface area contributed by atoms with Crippen LogP contribution in [0, 0.1) is 11.6 Å². The number of nitrogens with zero attached hydrogens (tertiary/aromatic N) is 1. The Balaban J connectivity index is 1.56. The maximum Gasteiger partial charge on any atom is 0.168 e. The van der Waals surface area contributed by atoms with Crippen molar-refractivity contribution in [3.05, 3.63) is 78.0 Å². The first-order valence-electron chi connectivity index (χ1n) is 12.0. The maximum absolute atomic E-state index is 14.8. The SMILES string of the molecule is CCCCCOC(C)CCC/C=C/c1ccc(-c2ccc(-c3ccc(O)cc3)cn2)c(F)c1F. The molecular formula is C29H33F2NO2. The standard InChI is InChI=1S/C29H33F2NO2/c1-3-4-8-19-34-21(2)9-6-5-7-10-23-13-17-26(29(31)28(23)30)27-18-14-24(20-32-27)22-11-15-25(33)16-12-22/h7,10-18,20-21,33H,3-6,8-9,19H2,1-2H3/b10-7+. The Bertz CT molecular complexity index is 1060. The quantitative estimate of drug-likeness (QED) is 0.274. The first-order valence-corrected chi connectivity index (χ1v) is 12.0. The number of unbranched alkanes of at least 4 members (excludes halogenated alkanes) is 3. The fraction of sp³-hybridized carbons (Fsp3) is 0.345. The molecule has 0 bridgehead atoms. The van der Waals surface area contributed by atoms with Crippen LogP contribution in [0.25, 0.3) is 28.5 Å². The van der Waals surface area contributed by atoms with Crippen LogP contribution in [-0.2, 0) is 4.74 Å². The molecule has 3 aromatic rings. The number of aromatic nitrogens is 1. The molecule has 1 aromatic heterocycles. The molecule has 0 spiro atoms. The number of phenolic OH excluding ortho intramolecular Hbond substituents is 1. The molecule has 2 aromatic carbocycles. The van der Waals surface area contributed by atoms with Crippen LogP contribution >= 0.6 is 0 Å². The van der Waals surface area contributed by atoms with Crippen molar-refractivity contribution in [1.29, 1.82) is 0 Å². The second-order valence-electron chi connectivity index (χ2n) is 8.53. The number of aromatic hydroxyl groups is 1. The van der Waals surface area contributed by atoms with Crippen LogP contribution in [0.3, 0.4) is 0 Å². The van der Waals surface area contributed by atoms with E-state index < -0.39 is 11.6 Å². The molecule has 3 rings (SSSR count). The van der Waals surface area contributed by atoms with E-state index in [1.54, 1.807) is 60.8 Å². The van der Waals surface area contributed by atoms with Crippen LogP contribution in [0.1, 0.15) is 57.9 Å². The predicted octanol–water partition coefficient (Wildman–Crippen LogP) is 8.18. The van der Waals surface area contributed by atoms with Crippen molar-refractivity contribution in [2.45, 2.75) is 58.5 Å². The first kappa shape index (κ1) is 25.6. The van der Waals surface area contributed by atoms with Crippen LogP contribution in [0.2, 0.25) is 0 Å². The number of phenols is 1. The largest absolute Gasteiger partial charge is 0.508 e. The Morgan fingerprint density at radius 1 is 0.941 bits per heavy atom. The molecule has 1 heterocycles. The fourth-order valence-electron chi connectivity index (χ4n) is 3.72. The van der Waals surface area contributed by atoms with E-state index in [4.69, 9.17) is 4.74 Å². The number of hydrogen-bond acceptors (Lipinski definition) is 3. The van der Waals surface area contributed by atoms with Crippen molar-refractivity contribution >= 4 is 6.08 Å². The van der Waals surface area contributed by atoms with E-state index >= 15 is 0 Å². The van der Waals surface area contributed by atoms with Gasteiger partial charge in [-0.15, -0.1) is 0 Å². The highest BCUT2D eigenvalue weighted by Gasteiger charge is 2.14. The summed E-state index contributed by atoms with van der Waals surface area (Å²) in [6.07, 6.45) is 11.5. The van der Waals surface area contributed by atoms with Crippen LogP contribution in [0.5, 0.6) is 5.75 Å². The summed E-state index contributed by atoms with van der Waals surface area (Å²) in [5.74, 6) is -1.59. The minimum Gasteiger partial charge on any atom is -0.508 e. The van der Waals surface area contributed by atoms with Gasteiger partial charge in [-0.3, -0.25) is 4.98 Å². The third-order valence-corrected chi connectivity index (χ3v) is 5.78. The molecule has 3 nitrogen and oxygen atoms in total. The van der Waals surface area contributed by atoms with Crippen molar-refractivity contribution in [1.82, 2.24) is 4.98 Å². The topological polar surface area (TPSA) is 42.4 Å². The van der Waals surface area contributed by atoms with Gasteiger partial charge in [0, 0.05) is 29.5 Å². The zero-order chi connectivity index (χ0) is 24.3. The van der Waals surface area contributed by atoms with E-state index in [0.717, 1.165) is 43.4 Å². The highest BCUT2D eigenvalue weighted by Crippen LogP contribution is 2.28. The summed E-state index contributed by atoms with van der Waals surface area (Å²) in [5.41, 5.74) is 2.42. The summed E-state index contributed by atoms with van der Waals surface area (Å²) < 4.78 is 35.2. The van der Waals surface area contributed by atoms with Crippen LogP contribution in [0.15, 0.2) is 60.8 Å². The Morgan fingerprint density at radius 3 is 2.41 bits per heavy atom. The molecule has 0 aliphatic carbocycles. The normalized spacial score (nSPS) is 12.4. The maximum atomic E-state index is 14.8. The summed E-state index contributed by atoms with van der Waals surface area (Å²) in [4.78, 5) is 4.31. The van der Waals surface area contributed by atoms with Crippen molar-refractivity contribution in [2.24, 2.45) is 0 Å². The van der Waals surface area contributed by atoms with Crippen LogP contribution in [-0.4, -0.2) is 22.8 Å². The summed E-state index contributed by atoms with van der Waals surface area (Å²) in [6.45, 7) is 5.05. The molecule has 0 aliphatic rings. The van der Waals surface area contributed by atoms with Gasteiger partial charge in [0.25, 0.3) is 0 Å². The number of ether oxygens (including phenoxy) is 1. The van der Waals surface area contributed by atoms with Gasteiger partial charge in [-0.05, 0) is 62.4 Å². The molecule has 0 saturated heterocycles. The lowest BCUT2D eigenvalue weighted by Gasteiger charge is -2.12. The summed E-state index contributed by atoms with van der Waals surface area (Å²) >= 11 is 0. The number of rotatable bonds is 12. The van der Waals surface area contributed by atoms with E-state index in [-0.39, 0.29) is 23.0 Å². The van der Waals surface area contributed by atoms with Gasteiger partial charge < -0.3 is 9.84 Å². The molecule has 1 N–H and O–H groups in total. The monoisotopic (exact) mass is 465 g/mol. The molecule has 180 valence electrons. The Labute approximate surface area is 201 Å². The van der Waals surface area contributed by atoms with Gasteiger partial charge in [-0.25, -0.2) is 8.78 Å².